The first-order valence-corrected chi connectivity index (χ1v) is 4.76. The molecule has 1 aromatic carbocycles. The molecule has 0 saturated heterocycles. The SMILES string of the molecule is CC1CCc2cc(F)ccc2C(=O)N1. The van der Waals surface area contributed by atoms with Crippen molar-refractivity contribution < 1.29 is 9.18 Å². The van der Waals surface area contributed by atoms with Crippen LogP contribution in [-0.2, 0) is 6.42 Å². The zero-order chi connectivity index (χ0) is 10.1. The molecule has 1 heterocycles. The van der Waals surface area contributed by atoms with Gasteiger partial charge in [0.15, 0.2) is 0 Å². The molecule has 1 aromatic rings. The van der Waals surface area contributed by atoms with Gasteiger partial charge in [-0.25, -0.2) is 4.39 Å². The molecule has 0 saturated carbocycles. The van der Waals surface area contributed by atoms with Crippen LogP contribution in [0.4, 0.5) is 4.39 Å². The highest BCUT2D eigenvalue weighted by Gasteiger charge is 2.18. The monoisotopic (exact) mass is 193 g/mol. The first-order valence-electron chi connectivity index (χ1n) is 4.76. The van der Waals surface area contributed by atoms with E-state index in [9.17, 15) is 9.18 Å². The van der Waals surface area contributed by atoms with Crippen molar-refractivity contribution in [3.8, 4) is 0 Å². The molecule has 74 valence electrons. The van der Waals surface area contributed by atoms with Gasteiger partial charge in [-0.2, -0.15) is 0 Å². The molecule has 1 unspecified atom stereocenters. The molecule has 0 aliphatic carbocycles. The summed E-state index contributed by atoms with van der Waals surface area (Å²) in [5, 5.41) is 2.86. The van der Waals surface area contributed by atoms with Gasteiger partial charge in [0.25, 0.3) is 5.91 Å². The maximum atomic E-state index is 12.9. The number of hydrogen-bond donors (Lipinski definition) is 1. The highest BCUT2D eigenvalue weighted by Crippen LogP contribution is 2.17. The fourth-order valence-corrected chi connectivity index (χ4v) is 1.74. The van der Waals surface area contributed by atoms with Gasteiger partial charge in [0, 0.05) is 11.6 Å². The first kappa shape index (κ1) is 9.19. The number of amides is 1. The molecule has 14 heavy (non-hydrogen) atoms. The van der Waals surface area contributed by atoms with Crippen LogP contribution in [0.3, 0.4) is 0 Å². The van der Waals surface area contributed by atoms with Crippen LogP contribution in [0.2, 0.25) is 0 Å². The summed E-state index contributed by atoms with van der Waals surface area (Å²) < 4.78 is 12.9. The van der Waals surface area contributed by atoms with E-state index in [1.54, 1.807) is 6.07 Å². The number of rotatable bonds is 0. The van der Waals surface area contributed by atoms with Crippen LogP contribution in [0.25, 0.3) is 0 Å². The quantitative estimate of drug-likeness (QED) is 0.669. The molecule has 0 spiro atoms. The molecule has 2 rings (SSSR count). The number of benzene rings is 1. The fourth-order valence-electron chi connectivity index (χ4n) is 1.74. The van der Waals surface area contributed by atoms with E-state index in [0.29, 0.717) is 5.56 Å². The molecule has 1 aliphatic rings. The van der Waals surface area contributed by atoms with E-state index < -0.39 is 0 Å². The molecule has 0 fully saturated rings. The molecule has 3 heteroatoms. The van der Waals surface area contributed by atoms with Gasteiger partial charge in [0.05, 0.1) is 0 Å². The van der Waals surface area contributed by atoms with Crippen LogP contribution in [-0.4, -0.2) is 11.9 Å². The van der Waals surface area contributed by atoms with Crippen molar-refractivity contribution in [1.82, 2.24) is 5.32 Å². The van der Waals surface area contributed by atoms with Crippen molar-refractivity contribution in [2.45, 2.75) is 25.8 Å². The molecule has 0 radical (unpaired) electrons. The smallest absolute Gasteiger partial charge is 0.251 e. The predicted octanol–water partition coefficient (Wildman–Crippen LogP) is 1.89. The average Bonchev–Trinajstić information content (AvgIpc) is 2.26. The highest BCUT2D eigenvalue weighted by atomic mass is 19.1. The van der Waals surface area contributed by atoms with Crippen molar-refractivity contribution >= 4 is 5.91 Å². The van der Waals surface area contributed by atoms with Crippen LogP contribution >= 0.6 is 0 Å². The van der Waals surface area contributed by atoms with Gasteiger partial charge in [-0.05, 0) is 43.5 Å². The third-order valence-electron chi connectivity index (χ3n) is 2.54. The standard InChI is InChI=1S/C11H12FNO/c1-7-2-3-8-6-9(12)4-5-10(8)11(14)13-7/h4-7H,2-3H2,1H3,(H,13,14). The van der Waals surface area contributed by atoms with E-state index in [1.165, 1.54) is 12.1 Å². The Balaban J connectivity index is 2.43. The van der Waals surface area contributed by atoms with E-state index in [4.69, 9.17) is 0 Å². The first-order chi connectivity index (χ1) is 6.66. The van der Waals surface area contributed by atoms with Crippen LogP contribution in [0.15, 0.2) is 18.2 Å². The van der Waals surface area contributed by atoms with Crippen molar-refractivity contribution in [3.63, 3.8) is 0 Å². The second kappa shape index (κ2) is 3.40. The lowest BCUT2D eigenvalue weighted by Crippen LogP contribution is -2.30. The van der Waals surface area contributed by atoms with Gasteiger partial charge in [0.1, 0.15) is 5.82 Å². The van der Waals surface area contributed by atoms with E-state index in [1.807, 2.05) is 6.92 Å². The molecule has 0 bridgehead atoms. The zero-order valence-electron chi connectivity index (χ0n) is 8.01. The summed E-state index contributed by atoms with van der Waals surface area (Å²) in [4.78, 5) is 11.6. The number of carbonyl (C=O) groups is 1. The largest absolute Gasteiger partial charge is 0.350 e. The maximum Gasteiger partial charge on any atom is 0.251 e. The van der Waals surface area contributed by atoms with Gasteiger partial charge in [-0.3, -0.25) is 4.79 Å². The molecule has 2 nitrogen and oxygen atoms in total. The summed E-state index contributed by atoms with van der Waals surface area (Å²) in [5.74, 6) is -0.365. The number of nitrogens with one attached hydrogen (secondary N) is 1. The van der Waals surface area contributed by atoms with Gasteiger partial charge >= 0.3 is 0 Å². The summed E-state index contributed by atoms with van der Waals surface area (Å²) in [6, 6.07) is 4.50. The molecule has 1 N–H and O–H groups in total. The number of aryl methyl sites for hydroxylation is 1. The summed E-state index contributed by atoms with van der Waals surface area (Å²) >= 11 is 0. The number of hydrogen-bond acceptors (Lipinski definition) is 1. The highest BCUT2D eigenvalue weighted by molar-refractivity contribution is 5.96. The topological polar surface area (TPSA) is 29.1 Å². The van der Waals surface area contributed by atoms with Gasteiger partial charge in [-0.15, -0.1) is 0 Å². The fraction of sp³-hybridized carbons (Fsp3) is 0.364. The summed E-state index contributed by atoms with van der Waals surface area (Å²) in [6.45, 7) is 1.96. The average molecular weight is 193 g/mol. The lowest BCUT2D eigenvalue weighted by Gasteiger charge is -2.07. The molecule has 1 amide bonds. The molecule has 1 atom stereocenters. The van der Waals surface area contributed by atoms with Gasteiger partial charge in [0.2, 0.25) is 0 Å². The van der Waals surface area contributed by atoms with Crippen LogP contribution < -0.4 is 5.32 Å². The number of fused-ring (bicyclic) bond motifs is 1. The molecular weight excluding hydrogens is 181 g/mol. The van der Waals surface area contributed by atoms with E-state index in [-0.39, 0.29) is 17.8 Å². The number of halogens is 1. The zero-order valence-corrected chi connectivity index (χ0v) is 8.01. The Kier molecular flexibility index (Phi) is 2.23. The normalized spacial score (nSPS) is 21.0. The van der Waals surface area contributed by atoms with Gasteiger partial charge in [-0.1, -0.05) is 0 Å². The molecular formula is C11H12FNO. The minimum atomic E-state index is -0.272. The van der Waals surface area contributed by atoms with E-state index >= 15 is 0 Å². The number of carbonyl (C=O) groups excluding carboxylic acids is 1. The Hall–Kier alpha value is -1.38. The minimum Gasteiger partial charge on any atom is -0.350 e. The van der Waals surface area contributed by atoms with E-state index in [0.717, 1.165) is 18.4 Å². The van der Waals surface area contributed by atoms with E-state index in [2.05, 4.69) is 5.32 Å². The third kappa shape index (κ3) is 1.62. The summed E-state index contributed by atoms with van der Waals surface area (Å²) in [7, 11) is 0. The Bertz CT molecular complexity index is 376. The third-order valence-corrected chi connectivity index (χ3v) is 2.54. The lowest BCUT2D eigenvalue weighted by atomic mass is 10.0. The summed E-state index contributed by atoms with van der Waals surface area (Å²) in [6.07, 6.45) is 1.62. The Morgan fingerprint density at radius 2 is 2.29 bits per heavy atom. The molecule has 1 aliphatic heterocycles. The maximum absolute atomic E-state index is 12.9. The lowest BCUT2D eigenvalue weighted by molar-refractivity contribution is 0.0942. The van der Waals surface area contributed by atoms with Crippen LogP contribution in [0.5, 0.6) is 0 Å². The minimum absolute atomic E-state index is 0.0926. The Morgan fingerprint density at radius 1 is 1.50 bits per heavy atom. The second-order valence-electron chi connectivity index (χ2n) is 3.71. The van der Waals surface area contributed by atoms with Crippen molar-refractivity contribution in [3.05, 3.63) is 35.1 Å². The molecule has 0 aromatic heterocycles. The van der Waals surface area contributed by atoms with Crippen molar-refractivity contribution in [2.24, 2.45) is 0 Å². The van der Waals surface area contributed by atoms with Crippen LogP contribution in [0, 0.1) is 5.82 Å². The Labute approximate surface area is 82.1 Å². The van der Waals surface area contributed by atoms with Crippen LogP contribution in [0.1, 0.15) is 29.3 Å². The van der Waals surface area contributed by atoms with Crippen molar-refractivity contribution in [1.29, 1.82) is 0 Å². The predicted molar refractivity (Wildman–Crippen MR) is 51.6 cm³/mol. The summed E-state index contributed by atoms with van der Waals surface area (Å²) in [5.41, 5.74) is 1.42. The van der Waals surface area contributed by atoms with Crippen molar-refractivity contribution in [2.75, 3.05) is 0 Å². The van der Waals surface area contributed by atoms with Gasteiger partial charge < -0.3 is 5.32 Å². The Morgan fingerprint density at radius 3 is 3.07 bits per heavy atom. The second-order valence-corrected chi connectivity index (χ2v) is 3.71.